The minimum atomic E-state index is -1.17. The monoisotopic (exact) mass is 366 g/mol. The summed E-state index contributed by atoms with van der Waals surface area (Å²) in [5.74, 6) is -1.34. The SMILES string of the molecule is O=C(Cc1ccccc1)N[C@H]1C(=O)N2C(C(=O)O)=C(CCl)CS[C@H]12. The van der Waals surface area contributed by atoms with Gasteiger partial charge in [0.1, 0.15) is 17.1 Å². The zero-order chi connectivity index (χ0) is 17.3. The molecule has 2 amide bonds. The molecule has 2 heterocycles. The van der Waals surface area contributed by atoms with Crippen LogP contribution in [0.5, 0.6) is 0 Å². The second-order valence-electron chi connectivity index (χ2n) is 5.51. The highest BCUT2D eigenvalue weighted by Gasteiger charge is 2.53. The van der Waals surface area contributed by atoms with E-state index < -0.39 is 23.3 Å². The molecule has 0 aromatic heterocycles. The van der Waals surface area contributed by atoms with Crippen LogP contribution in [-0.2, 0) is 20.8 Å². The predicted octanol–water partition coefficient (Wildman–Crippen LogP) is 1.21. The normalized spacial score (nSPS) is 22.7. The Labute approximate surface area is 147 Å². The number of thioether (sulfide) groups is 1. The van der Waals surface area contributed by atoms with E-state index in [1.54, 1.807) is 0 Å². The van der Waals surface area contributed by atoms with Gasteiger partial charge in [-0.05, 0) is 11.1 Å². The highest BCUT2D eigenvalue weighted by molar-refractivity contribution is 8.00. The van der Waals surface area contributed by atoms with E-state index in [1.807, 2.05) is 30.3 Å². The molecule has 2 aliphatic rings. The fourth-order valence-electron chi connectivity index (χ4n) is 2.79. The molecule has 2 atom stereocenters. The van der Waals surface area contributed by atoms with E-state index in [4.69, 9.17) is 11.6 Å². The van der Waals surface area contributed by atoms with Gasteiger partial charge < -0.3 is 10.4 Å². The number of carbonyl (C=O) groups is 3. The molecule has 0 radical (unpaired) electrons. The molecule has 126 valence electrons. The average Bonchev–Trinajstić information content (AvgIpc) is 2.58. The summed E-state index contributed by atoms with van der Waals surface area (Å²) in [6.07, 6.45) is 0.177. The number of hydrogen-bond acceptors (Lipinski definition) is 4. The van der Waals surface area contributed by atoms with Crippen molar-refractivity contribution >= 4 is 41.1 Å². The molecule has 24 heavy (non-hydrogen) atoms. The van der Waals surface area contributed by atoms with E-state index >= 15 is 0 Å². The maximum absolute atomic E-state index is 12.3. The molecule has 2 aliphatic heterocycles. The summed E-state index contributed by atoms with van der Waals surface area (Å²) in [6.45, 7) is 0. The van der Waals surface area contributed by atoms with E-state index in [1.165, 1.54) is 16.7 Å². The van der Waals surface area contributed by atoms with Crippen LogP contribution in [-0.4, -0.2) is 50.8 Å². The van der Waals surface area contributed by atoms with E-state index in [0.717, 1.165) is 5.56 Å². The van der Waals surface area contributed by atoms with Gasteiger partial charge in [-0.3, -0.25) is 14.5 Å². The standard InChI is InChI=1S/C16H15ClN2O4S/c17-7-10-8-24-15-12(14(21)19(15)13(10)16(22)23)18-11(20)6-9-4-2-1-3-5-9/h1-5,12,15H,6-8H2,(H,18,20)(H,22,23)/t12-,15+/m0/s1. The number of nitrogens with one attached hydrogen (secondary N) is 1. The molecule has 1 saturated heterocycles. The van der Waals surface area contributed by atoms with Crippen molar-refractivity contribution in [1.29, 1.82) is 0 Å². The molecule has 0 spiro atoms. The molecule has 8 heteroatoms. The minimum Gasteiger partial charge on any atom is -0.477 e. The van der Waals surface area contributed by atoms with Gasteiger partial charge in [0, 0.05) is 11.6 Å². The fraction of sp³-hybridized carbons (Fsp3) is 0.312. The third-order valence-corrected chi connectivity index (χ3v) is 5.60. The van der Waals surface area contributed by atoms with Crippen molar-refractivity contribution in [2.45, 2.75) is 17.8 Å². The summed E-state index contributed by atoms with van der Waals surface area (Å²) in [6, 6.07) is 8.52. The Hall–Kier alpha value is -1.99. The molecule has 1 aromatic rings. The number of β-lactam (4-membered cyclic amide) rings is 1. The number of aliphatic carboxylic acids is 1. The van der Waals surface area contributed by atoms with E-state index in [0.29, 0.717) is 11.3 Å². The number of benzene rings is 1. The van der Waals surface area contributed by atoms with Gasteiger partial charge in [0.25, 0.3) is 5.91 Å². The summed E-state index contributed by atoms with van der Waals surface area (Å²) in [5.41, 5.74) is 1.32. The zero-order valence-corrected chi connectivity index (χ0v) is 14.1. The molecule has 1 fully saturated rings. The van der Waals surface area contributed by atoms with Gasteiger partial charge in [-0.25, -0.2) is 4.79 Å². The smallest absolute Gasteiger partial charge is 0.352 e. The first kappa shape index (κ1) is 16.9. The van der Waals surface area contributed by atoms with Crippen LogP contribution in [0.15, 0.2) is 41.6 Å². The number of alkyl halides is 1. The summed E-state index contributed by atoms with van der Waals surface area (Å²) < 4.78 is 0. The van der Waals surface area contributed by atoms with Crippen LogP contribution in [0.2, 0.25) is 0 Å². The number of fused-ring (bicyclic) bond motifs is 1. The lowest BCUT2D eigenvalue weighted by Gasteiger charge is -2.49. The summed E-state index contributed by atoms with van der Waals surface area (Å²) in [5, 5.41) is 11.6. The van der Waals surface area contributed by atoms with Gasteiger partial charge in [0.2, 0.25) is 5.91 Å². The Kier molecular flexibility index (Phi) is 4.82. The second-order valence-corrected chi connectivity index (χ2v) is 6.88. The quantitative estimate of drug-likeness (QED) is 0.604. The first-order valence-corrected chi connectivity index (χ1v) is 8.90. The summed E-state index contributed by atoms with van der Waals surface area (Å²) in [7, 11) is 0. The molecule has 2 N–H and O–H groups in total. The lowest BCUT2D eigenvalue weighted by Crippen LogP contribution is -2.70. The molecule has 0 saturated carbocycles. The van der Waals surface area contributed by atoms with Crippen molar-refractivity contribution in [3.63, 3.8) is 0 Å². The second kappa shape index (κ2) is 6.86. The largest absolute Gasteiger partial charge is 0.477 e. The number of nitrogens with zero attached hydrogens (tertiary/aromatic N) is 1. The van der Waals surface area contributed by atoms with Crippen molar-refractivity contribution in [2.24, 2.45) is 0 Å². The first-order chi connectivity index (χ1) is 11.5. The van der Waals surface area contributed by atoms with E-state index in [-0.39, 0.29) is 23.9 Å². The van der Waals surface area contributed by atoms with Crippen LogP contribution < -0.4 is 5.32 Å². The highest BCUT2D eigenvalue weighted by Crippen LogP contribution is 2.40. The molecular formula is C16H15ClN2O4S. The Morgan fingerprint density at radius 1 is 1.33 bits per heavy atom. The molecule has 1 aromatic carbocycles. The lowest BCUT2D eigenvalue weighted by molar-refractivity contribution is -0.150. The third kappa shape index (κ3) is 3.01. The molecule has 0 aliphatic carbocycles. The fourth-order valence-corrected chi connectivity index (χ4v) is 4.47. The molecule has 3 rings (SSSR count). The maximum atomic E-state index is 12.3. The third-order valence-electron chi connectivity index (χ3n) is 3.94. The Morgan fingerprint density at radius 3 is 2.67 bits per heavy atom. The summed E-state index contributed by atoms with van der Waals surface area (Å²) in [4.78, 5) is 37.1. The number of rotatable bonds is 5. The van der Waals surface area contributed by atoms with Crippen LogP contribution >= 0.6 is 23.4 Å². The number of halogens is 1. The van der Waals surface area contributed by atoms with Crippen molar-refractivity contribution in [3.8, 4) is 0 Å². The molecular weight excluding hydrogens is 352 g/mol. The van der Waals surface area contributed by atoms with Gasteiger partial charge in [-0.1, -0.05) is 30.3 Å². The topological polar surface area (TPSA) is 86.7 Å². The van der Waals surface area contributed by atoms with Gasteiger partial charge >= 0.3 is 5.97 Å². The number of amides is 2. The number of carboxylic acids is 1. The average molecular weight is 367 g/mol. The van der Waals surface area contributed by atoms with Crippen LogP contribution in [0.1, 0.15) is 5.56 Å². The van der Waals surface area contributed by atoms with Gasteiger partial charge in [-0.15, -0.1) is 23.4 Å². The highest BCUT2D eigenvalue weighted by atomic mass is 35.5. The van der Waals surface area contributed by atoms with E-state index in [9.17, 15) is 19.5 Å². The van der Waals surface area contributed by atoms with Crippen LogP contribution in [0.3, 0.4) is 0 Å². The Balaban J connectivity index is 1.69. The first-order valence-electron chi connectivity index (χ1n) is 7.32. The molecule has 6 nitrogen and oxygen atoms in total. The van der Waals surface area contributed by atoms with Crippen LogP contribution in [0.4, 0.5) is 0 Å². The van der Waals surface area contributed by atoms with Crippen molar-refractivity contribution in [2.75, 3.05) is 11.6 Å². The molecule has 0 bridgehead atoms. The number of hydrogen-bond donors (Lipinski definition) is 2. The van der Waals surface area contributed by atoms with Crippen LogP contribution in [0, 0.1) is 0 Å². The number of carboxylic acid groups (broad SMARTS) is 1. The minimum absolute atomic E-state index is 0.0488. The van der Waals surface area contributed by atoms with Crippen molar-refractivity contribution in [1.82, 2.24) is 10.2 Å². The van der Waals surface area contributed by atoms with Gasteiger partial charge in [-0.2, -0.15) is 0 Å². The zero-order valence-electron chi connectivity index (χ0n) is 12.6. The predicted molar refractivity (Wildman–Crippen MR) is 90.6 cm³/mol. The maximum Gasteiger partial charge on any atom is 0.352 e. The van der Waals surface area contributed by atoms with Crippen LogP contribution in [0.25, 0.3) is 0 Å². The van der Waals surface area contributed by atoms with Crippen molar-refractivity contribution in [3.05, 3.63) is 47.2 Å². The Bertz CT molecular complexity index is 722. The number of carbonyl (C=O) groups excluding carboxylic acids is 2. The molecule has 0 unspecified atom stereocenters. The van der Waals surface area contributed by atoms with Gasteiger partial charge in [0.05, 0.1) is 6.42 Å². The Morgan fingerprint density at radius 2 is 2.04 bits per heavy atom. The van der Waals surface area contributed by atoms with E-state index in [2.05, 4.69) is 5.32 Å². The summed E-state index contributed by atoms with van der Waals surface area (Å²) >= 11 is 7.18. The lowest BCUT2D eigenvalue weighted by atomic mass is 10.0. The van der Waals surface area contributed by atoms with Gasteiger partial charge in [0.15, 0.2) is 0 Å². The van der Waals surface area contributed by atoms with Crippen molar-refractivity contribution < 1.29 is 19.5 Å².